The van der Waals surface area contributed by atoms with Gasteiger partial charge in [0.15, 0.2) is 11.5 Å². The van der Waals surface area contributed by atoms with Gasteiger partial charge >= 0.3 is 0 Å². The molecule has 5 aliphatic carbocycles. The van der Waals surface area contributed by atoms with Crippen LogP contribution in [0.5, 0.6) is 17.2 Å². The van der Waals surface area contributed by atoms with Crippen molar-refractivity contribution in [1.29, 1.82) is 0 Å². The maximum absolute atomic E-state index is 7.18. The molecule has 0 aromatic heterocycles. The van der Waals surface area contributed by atoms with Crippen LogP contribution in [0, 0.1) is 17.3 Å². The number of hydrogen-bond acceptors (Lipinski definition) is 5. The number of fused-ring (bicyclic) bond motifs is 2. The Morgan fingerprint density at radius 1 is 0.975 bits per heavy atom. The van der Waals surface area contributed by atoms with E-state index in [2.05, 4.69) is 31.3 Å². The minimum atomic E-state index is -0.359. The molecule has 5 fully saturated rings. The molecule has 40 heavy (non-hydrogen) atoms. The van der Waals surface area contributed by atoms with Crippen LogP contribution in [0.2, 0.25) is 0 Å². The van der Waals surface area contributed by atoms with Gasteiger partial charge in [-0.3, -0.25) is 0 Å². The van der Waals surface area contributed by atoms with Gasteiger partial charge in [-0.15, -0.1) is 0 Å². The average molecular weight is 547 g/mol. The third-order valence-electron chi connectivity index (χ3n) is 12.5. The van der Waals surface area contributed by atoms with Gasteiger partial charge in [0.25, 0.3) is 0 Å². The van der Waals surface area contributed by atoms with Crippen LogP contribution >= 0.6 is 0 Å². The van der Waals surface area contributed by atoms with Gasteiger partial charge in [-0.2, -0.15) is 0 Å². The highest BCUT2D eigenvalue weighted by Crippen LogP contribution is 2.77. The molecule has 4 saturated carbocycles. The Kier molecular flexibility index (Phi) is 5.48. The molecule has 2 aromatic carbocycles. The minimum Gasteiger partial charge on any atom is -0.497 e. The lowest BCUT2D eigenvalue weighted by molar-refractivity contribution is -0.952. The largest absolute Gasteiger partial charge is 0.497 e. The normalized spacial score (nSPS) is 40.0. The second-order valence-electron chi connectivity index (χ2n) is 14.0. The van der Waals surface area contributed by atoms with E-state index in [-0.39, 0.29) is 22.5 Å². The summed E-state index contributed by atoms with van der Waals surface area (Å²) in [7, 11) is 8.00. The lowest BCUT2D eigenvalue weighted by Gasteiger charge is -2.74. The van der Waals surface area contributed by atoms with Gasteiger partial charge in [0, 0.05) is 42.8 Å². The molecule has 6 nitrogen and oxygen atoms in total. The van der Waals surface area contributed by atoms with Gasteiger partial charge in [0.05, 0.1) is 59.0 Å². The Morgan fingerprint density at radius 3 is 2.52 bits per heavy atom. The Labute approximate surface area is 238 Å². The summed E-state index contributed by atoms with van der Waals surface area (Å²) in [6.07, 6.45) is 8.57. The number of hydrogen-bond donors (Lipinski definition) is 0. The summed E-state index contributed by atoms with van der Waals surface area (Å²) < 4.78 is 32.9. The minimum absolute atomic E-state index is 0.00280. The Bertz CT molecular complexity index is 1320. The van der Waals surface area contributed by atoms with Crippen LogP contribution in [0.1, 0.15) is 55.2 Å². The van der Waals surface area contributed by atoms with Crippen molar-refractivity contribution in [3.05, 3.63) is 53.1 Å². The predicted molar refractivity (Wildman–Crippen MR) is 152 cm³/mol. The Balaban J connectivity index is 1.20. The van der Waals surface area contributed by atoms with Crippen molar-refractivity contribution in [3.8, 4) is 17.2 Å². The summed E-state index contributed by atoms with van der Waals surface area (Å²) in [6.45, 7) is 3.86. The van der Waals surface area contributed by atoms with E-state index >= 15 is 0 Å². The van der Waals surface area contributed by atoms with Gasteiger partial charge in [0.1, 0.15) is 17.5 Å². The first-order valence-electron chi connectivity index (χ1n) is 15.4. The van der Waals surface area contributed by atoms with E-state index in [0.717, 1.165) is 42.4 Å². The lowest BCUT2D eigenvalue weighted by Crippen LogP contribution is -2.83. The maximum atomic E-state index is 7.18. The van der Waals surface area contributed by atoms with Crippen molar-refractivity contribution in [2.24, 2.45) is 17.3 Å². The van der Waals surface area contributed by atoms with Crippen molar-refractivity contribution in [1.82, 2.24) is 0 Å². The molecule has 2 spiro atoms. The molecule has 1 saturated heterocycles. The summed E-state index contributed by atoms with van der Waals surface area (Å²) in [4.78, 5) is 0. The van der Waals surface area contributed by atoms with Crippen LogP contribution < -0.4 is 14.2 Å². The fourth-order valence-corrected chi connectivity index (χ4v) is 10.6. The standard InChI is InChI=1S/C34H44NO5/c1-35(19-22-5-6-22)16-15-33-29-24-9-12-27(37-3)30(29)40-31(33)34(38-4)14-13-32(33,28(35)17-24)18-25(34)21-39-20-23-7-10-26(36-2)11-8-23/h7-12,22,25,28,31H,5-6,13-21H2,1-4H3/q+1/t25-,28-,31-,32-,33+,34-,35?/m1/s1. The molecule has 0 N–H and O–H groups in total. The first-order chi connectivity index (χ1) is 19.4. The molecule has 9 rings (SSSR count). The number of nitrogens with zero attached hydrogens (tertiary/aromatic N) is 1. The van der Waals surface area contributed by atoms with E-state index in [1.165, 1.54) is 59.9 Å². The number of likely N-dealkylation sites (N-methyl/N-ethyl adjacent to an activating group) is 1. The summed E-state index contributed by atoms with van der Waals surface area (Å²) in [5.74, 6) is 3.97. The molecule has 2 aromatic rings. The fraction of sp³-hybridized carbons (Fsp3) is 0.647. The molecule has 2 heterocycles. The number of benzene rings is 2. The van der Waals surface area contributed by atoms with E-state index in [1.807, 2.05) is 19.2 Å². The molecule has 7 aliphatic rings. The quantitative estimate of drug-likeness (QED) is 0.400. The Hall–Kier alpha value is -2.28. The molecule has 4 bridgehead atoms. The van der Waals surface area contributed by atoms with E-state index in [9.17, 15) is 0 Å². The van der Waals surface area contributed by atoms with E-state index < -0.39 is 0 Å². The van der Waals surface area contributed by atoms with Crippen molar-refractivity contribution >= 4 is 0 Å². The SMILES string of the molecule is COc1ccc(COC[C@H]2C[C@@]34CC[C@]2(OC)[C@@H]2Oc5c(OC)ccc6c5[C@@]23CC[N+](C)(CC2CC2)[C@@H]4C6)cc1. The van der Waals surface area contributed by atoms with Gasteiger partial charge in [-0.1, -0.05) is 18.2 Å². The van der Waals surface area contributed by atoms with E-state index in [0.29, 0.717) is 25.2 Å². The van der Waals surface area contributed by atoms with Gasteiger partial charge < -0.3 is 28.2 Å². The second kappa shape index (κ2) is 8.62. The summed E-state index contributed by atoms with van der Waals surface area (Å²) in [5.41, 5.74) is 3.98. The highest BCUT2D eigenvalue weighted by molar-refractivity contribution is 5.63. The number of ether oxygens (including phenoxy) is 5. The van der Waals surface area contributed by atoms with Crippen molar-refractivity contribution < 1.29 is 28.2 Å². The average Bonchev–Trinajstić information content (AvgIpc) is 3.71. The van der Waals surface area contributed by atoms with E-state index in [1.54, 1.807) is 14.2 Å². The Morgan fingerprint density at radius 2 is 1.80 bits per heavy atom. The van der Waals surface area contributed by atoms with E-state index in [4.69, 9.17) is 23.7 Å². The highest BCUT2D eigenvalue weighted by atomic mass is 16.6. The molecule has 6 heteroatoms. The smallest absolute Gasteiger partial charge is 0.165 e. The zero-order valence-electron chi connectivity index (χ0n) is 24.5. The zero-order valence-corrected chi connectivity index (χ0v) is 24.5. The van der Waals surface area contributed by atoms with Gasteiger partial charge in [-0.25, -0.2) is 0 Å². The summed E-state index contributed by atoms with van der Waals surface area (Å²) in [6, 6.07) is 13.3. The van der Waals surface area contributed by atoms with Crippen molar-refractivity contribution in [2.45, 2.75) is 74.7 Å². The maximum Gasteiger partial charge on any atom is 0.165 e. The van der Waals surface area contributed by atoms with Crippen LogP contribution in [-0.2, 0) is 27.9 Å². The number of rotatable bonds is 9. The summed E-state index contributed by atoms with van der Waals surface area (Å²) in [5, 5.41) is 0. The molecule has 0 amide bonds. The van der Waals surface area contributed by atoms with Crippen LogP contribution in [0.25, 0.3) is 0 Å². The van der Waals surface area contributed by atoms with Crippen LogP contribution in [0.4, 0.5) is 0 Å². The number of likely N-dealkylation sites (tertiary alicyclic amines) is 1. The lowest BCUT2D eigenvalue weighted by atomic mass is 9.34. The zero-order chi connectivity index (χ0) is 27.3. The number of piperidine rings is 1. The first kappa shape index (κ1) is 25.4. The highest BCUT2D eigenvalue weighted by Gasteiger charge is 2.83. The van der Waals surface area contributed by atoms with Crippen LogP contribution in [-0.4, -0.2) is 70.3 Å². The van der Waals surface area contributed by atoms with Crippen LogP contribution in [0.3, 0.4) is 0 Å². The fourth-order valence-electron chi connectivity index (χ4n) is 10.6. The molecule has 1 unspecified atom stereocenters. The third-order valence-corrected chi connectivity index (χ3v) is 12.5. The second-order valence-corrected chi connectivity index (χ2v) is 14.0. The predicted octanol–water partition coefficient (Wildman–Crippen LogP) is 5.29. The van der Waals surface area contributed by atoms with Gasteiger partial charge in [-0.05, 0) is 61.4 Å². The molecule has 0 radical (unpaired) electrons. The molecule has 2 aliphatic heterocycles. The van der Waals surface area contributed by atoms with Crippen molar-refractivity contribution in [3.63, 3.8) is 0 Å². The number of quaternary nitrogens is 1. The third kappa shape index (κ3) is 3.11. The molecule has 214 valence electrons. The van der Waals surface area contributed by atoms with Crippen LogP contribution in [0.15, 0.2) is 36.4 Å². The molecular weight excluding hydrogens is 502 g/mol. The molecular formula is C34H44NO5+. The van der Waals surface area contributed by atoms with Crippen molar-refractivity contribution in [2.75, 3.05) is 48.1 Å². The number of methoxy groups -OCH3 is 3. The monoisotopic (exact) mass is 546 g/mol. The topological polar surface area (TPSA) is 46.2 Å². The van der Waals surface area contributed by atoms with Gasteiger partial charge in [0.2, 0.25) is 0 Å². The first-order valence-corrected chi connectivity index (χ1v) is 15.4. The molecule has 7 atom stereocenters. The summed E-state index contributed by atoms with van der Waals surface area (Å²) >= 11 is 0.